The maximum Gasteiger partial charge on any atom is 0.268 e. The number of sulfonamides is 1. The lowest BCUT2D eigenvalue weighted by Crippen LogP contribution is -2.38. The van der Waals surface area contributed by atoms with Gasteiger partial charge in [-0.15, -0.1) is 0 Å². The van der Waals surface area contributed by atoms with Gasteiger partial charge in [0.05, 0.1) is 18.5 Å². The highest BCUT2D eigenvalue weighted by Crippen LogP contribution is 2.32. The summed E-state index contributed by atoms with van der Waals surface area (Å²) < 4.78 is 53.3. The van der Waals surface area contributed by atoms with E-state index in [0.717, 1.165) is 16.4 Å². The summed E-state index contributed by atoms with van der Waals surface area (Å²) in [6.45, 7) is 1.17. The molecule has 4 aromatic carbocycles. The Morgan fingerprint density at radius 2 is 1.57 bits per heavy atom. The Hall–Kier alpha value is -4.37. The van der Waals surface area contributed by atoms with Gasteiger partial charge in [0.1, 0.15) is 28.8 Å². The molecule has 0 aliphatic heterocycles. The maximum atomic E-state index is 13.8. The molecule has 0 radical (unpaired) electrons. The number of hydrogen-bond acceptors (Lipinski definition) is 5. The maximum absolute atomic E-state index is 13.8. The van der Waals surface area contributed by atoms with Crippen LogP contribution in [0.5, 0.6) is 17.2 Å². The van der Waals surface area contributed by atoms with E-state index in [2.05, 4.69) is 5.32 Å². The Balaban J connectivity index is 1.66. The van der Waals surface area contributed by atoms with Gasteiger partial charge in [0, 0.05) is 0 Å². The number of carbonyl (C=O) groups excluding carboxylic acids is 1. The molecular weight excluding hydrogens is 495 g/mol. The minimum atomic E-state index is -4.28. The van der Waals surface area contributed by atoms with Crippen molar-refractivity contribution in [2.24, 2.45) is 0 Å². The number of methoxy groups -OCH3 is 1. The molecule has 0 spiro atoms. The van der Waals surface area contributed by atoms with Crippen LogP contribution in [0, 0.1) is 12.7 Å². The van der Waals surface area contributed by atoms with Crippen LogP contribution in [0.2, 0.25) is 0 Å². The van der Waals surface area contributed by atoms with E-state index in [0.29, 0.717) is 22.7 Å². The summed E-state index contributed by atoms with van der Waals surface area (Å²) in [5.41, 5.74) is 1.17. The average molecular weight is 521 g/mol. The van der Waals surface area contributed by atoms with Crippen LogP contribution in [0.3, 0.4) is 0 Å². The summed E-state index contributed by atoms with van der Waals surface area (Å²) in [7, 11) is -2.92. The summed E-state index contributed by atoms with van der Waals surface area (Å²) in [5.74, 6) is -0.0705. The normalized spacial score (nSPS) is 11.0. The molecule has 1 amide bonds. The van der Waals surface area contributed by atoms with E-state index in [9.17, 15) is 17.6 Å². The van der Waals surface area contributed by atoms with Crippen molar-refractivity contribution < 1.29 is 27.1 Å². The van der Waals surface area contributed by atoms with Gasteiger partial charge in [-0.2, -0.15) is 0 Å². The van der Waals surface area contributed by atoms with Crippen molar-refractivity contribution >= 4 is 27.3 Å². The van der Waals surface area contributed by atoms with E-state index < -0.39 is 28.3 Å². The second kappa shape index (κ2) is 11.1. The van der Waals surface area contributed by atoms with Gasteiger partial charge in [-0.25, -0.2) is 12.8 Å². The number of para-hydroxylation sites is 3. The van der Waals surface area contributed by atoms with Crippen LogP contribution < -0.4 is 19.1 Å². The topological polar surface area (TPSA) is 84.9 Å². The second-order valence-corrected chi connectivity index (χ2v) is 9.93. The highest BCUT2D eigenvalue weighted by molar-refractivity contribution is 7.93. The van der Waals surface area contributed by atoms with Crippen LogP contribution in [0.15, 0.2) is 102 Å². The quantitative estimate of drug-likeness (QED) is 0.303. The summed E-state index contributed by atoms with van der Waals surface area (Å²) in [5, 5.41) is 2.73. The Kier molecular flexibility index (Phi) is 7.74. The molecule has 4 aromatic rings. The molecule has 0 saturated carbocycles. The molecule has 37 heavy (non-hydrogen) atoms. The summed E-state index contributed by atoms with van der Waals surface area (Å²) >= 11 is 0. The van der Waals surface area contributed by atoms with Crippen LogP contribution in [0.25, 0.3) is 0 Å². The molecule has 0 aliphatic rings. The molecule has 4 rings (SSSR count). The number of nitrogens with one attached hydrogen (secondary N) is 1. The Labute approximate surface area is 215 Å². The smallest absolute Gasteiger partial charge is 0.268 e. The summed E-state index contributed by atoms with van der Waals surface area (Å²) in [6, 6.07) is 25.5. The van der Waals surface area contributed by atoms with E-state index in [1.165, 1.54) is 25.3 Å². The molecule has 7 nitrogen and oxygen atoms in total. The van der Waals surface area contributed by atoms with Crippen LogP contribution in [0.4, 0.5) is 15.8 Å². The van der Waals surface area contributed by atoms with Crippen molar-refractivity contribution in [1.29, 1.82) is 0 Å². The van der Waals surface area contributed by atoms with Gasteiger partial charge < -0.3 is 14.8 Å². The largest absolute Gasteiger partial charge is 0.495 e. The lowest BCUT2D eigenvalue weighted by Gasteiger charge is -2.25. The molecular formula is C28H25FN2O5S. The van der Waals surface area contributed by atoms with E-state index in [1.807, 2.05) is 18.2 Å². The van der Waals surface area contributed by atoms with Crippen molar-refractivity contribution in [2.75, 3.05) is 23.3 Å². The SMILES string of the molecule is COc1ccc(C)cc1S(=O)(=O)N(CC(=O)Nc1ccccc1Oc1ccccc1)c1ccc(F)cc1. The van der Waals surface area contributed by atoms with Gasteiger partial charge in [-0.3, -0.25) is 9.10 Å². The fourth-order valence-corrected chi connectivity index (χ4v) is 5.29. The number of amides is 1. The molecule has 0 fully saturated rings. The van der Waals surface area contributed by atoms with Crippen molar-refractivity contribution in [3.8, 4) is 17.2 Å². The van der Waals surface area contributed by atoms with Crippen LogP contribution >= 0.6 is 0 Å². The first-order chi connectivity index (χ1) is 17.8. The zero-order valence-electron chi connectivity index (χ0n) is 20.2. The van der Waals surface area contributed by atoms with Gasteiger partial charge in [0.25, 0.3) is 10.0 Å². The molecule has 0 aromatic heterocycles. The third-order valence-corrected chi connectivity index (χ3v) is 7.22. The Bertz CT molecular complexity index is 1490. The third kappa shape index (κ3) is 6.07. The lowest BCUT2D eigenvalue weighted by molar-refractivity contribution is -0.114. The first-order valence-electron chi connectivity index (χ1n) is 11.3. The molecule has 0 heterocycles. The minimum absolute atomic E-state index is 0.111. The number of benzene rings is 4. The zero-order chi connectivity index (χ0) is 26.4. The first kappa shape index (κ1) is 25.7. The number of hydrogen-bond donors (Lipinski definition) is 1. The Morgan fingerprint density at radius 1 is 0.892 bits per heavy atom. The number of halogens is 1. The number of rotatable bonds is 9. The van der Waals surface area contributed by atoms with Crippen molar-refractivity contribution in [1.82, 2.24) is 0 Å². The molecule has 0 atom stereocenters. The molecule has 0 bridgehead atoms. The van der Waals surface area contributed by atoms with Crippen LogP contribution in [-0.2, 0) is 14.8 Å². The predicted octanol–water partition coefficient (Wildman–Crippen LogP) is 5.77. The van der Waals surface area contributed by atoms with Gasteiger partial charge in [-0.05, 0) is 73.2 Å². The third-order valence-electron chi connectivity index (χ3n) is 5.42. The number of nitrogens with zero attached hydrogens (tertiary/aromatic N) is 1. The van der Waals surface area contributed by atoms with Gasteiger partial charge in [0.2, 0.25) is 5.91 Å². The monoisotopic (exact) mass is 520 g/mol. The molecule has 0 aliphatic carbocycles. The number of ether oxygens (including phenoxy) is 2. The molecule has 9 heteroatoms. The van der Waals surface area contributed by atoms with Crippen molar-refractivity contribution in [3.05, 3.63) is 108 Å². The molecule has 190 valence electrons. The fraction of sp³-hybridized carbons (Fsp3) is 0.107. The van der Waals surface area contributed by atoms with E-state index in [1.54, 1.807) is 55.5 Å². The van der Waals surface area contributed by atoms with E-state index >= 15 is 0 Å². The van der Waals surface area contributed by atoms with E-state index in [-0.39, 0.29) is 16.3 Å². The Morgan fingerprint density at radius 3 is 2.27 bits per heavy atom. The minimum Gasteiger partial charge on any atom is -0.495 e. The van der Waals surface area contributed by atoms with Crippen LogP contribution in [-0.4, -0.2) is 28.0 Å². The van der Waals surface area contributed by atoms with Crippen molar-refractivity contribution in [3.63, 3.8) is 0 Å². The van der Waals surface area contributed by atoms with E-state index in [4.69, 9.17) is 9.47 Å². The standard InChI is InChI=1S/C28H25FN2O5S/c1-20-12-17-26(35-2)27(18-20)37(33,34)31(22-15-13-21(29)14-16-22)19-28(32)30-24-10-6-7-11-25(24)36-23-8-4-3-5-9-23/h3-18H,19H2,1-2H3,(H,30,32). The highest BCUT2D eigenvalue weighted by atomic mass is 32.2. The molecule has 0 unspecified atom stereocenters. The first-order valence-corrected chi connectivity index (χ1v) is 12.8. The predicted molar refractivity (Wildman–Crippen MR) is 140 cm³/mol. The second-order valence-electron chi connectivity index (χ2n) is 8.10. The lowest BCUT2D eigenvalue weighted by atomic mass is 10.2. The highest BCUT2D eigenvalue weighted by Gasteiger charge is 2.30. The van der Waals surface area contributed by atoms with Gasteiger partial charge >= 0.3 is 0 Å². The molecule has 1 N–H and O–H groups in total. The van der Waals surface area contributed by atoms with Gasteiger partial charge in [-0.1, -0.05) is 36.4 Å². The number of carbonyl (C=O) groups is 1. The summed E-state index contributed by atoms with van der Waals surface area (Å²) in [6.07, 6.45) is 0. The number of aryl methyl sites for hydroxylation is 1. The average Bonchev–Trinajstić information content (AvgIpc) is 2.89. The fourth-order valence-electron chi connectivity index (χ4n) is 3.62. The van der Waals surface area contributed by atoms with Crippen molar-refractivity contribution in [2.45, 2.75) is 11.8 Å². The van der Waals surface area contributed by atoms with Gasteiger partial charge in [0.15, 0.2) is 5.75 Å². The molecule has 0 saturated heterocycles. The number of anilines is 2. The van der Waals surface area contributed by atoms with Crippen LogP contribution in [0.1, 0.15) is 5.56 Å². The summed E-state index contributed by atoms with van der Waals surface area (Å²) in [4.78, 5) is 13.1. The zero-order valence-corrected chi connectivity index (χ0v) is 21.0.